The van der Waals surface area contributed by atoms with Crippen molar-refractivity contribution in [3.63, 3.8) is 0 Å². The van der Waals surface area contributed by atoms with Crippen LogP contribution in [0.25, 0.3) is 55.7 Å². The molecular weight excluding hydrogens is 1900 g/mol. The highest BCUT2D eigenvalue weighted by Gasteiger charge is 2.28. The largest absolute Gasteiger partial charge is 0.497 e. The summed E-state index contributed by atoms with van der Waals surface area (Å²) in [6, 6.07) is 43.3. The van der Waals surface area contributed by atoms with Crippen molar-refractivity contribution in [3.8, 4) is 79.9 Å². The second-order valence-corrected chi connectivity index (χ2v) is 48.9. The standard InChI is InChI=1S/C15H18N4.2C15H21N3O.C15H21N3.C14H20N4OS.C14H19N3O.C12H19N5.C9H17N3O.C7H12/c1-11-14(15(2,3)4)17-18-19(11)10-12-6-8-13(16-5)9-7-12;2*1-11-14(12-7-6-8-13(9-12)19-5)16-17-18(11)10-15(2,3)4;1-11-7-6-8-13(9-11)14-12(2)18(17-16-14)10-15(3,4)5;1-10-11(16-17-18(10)9-14(2,3)4)8-15-13(19)12-6-5-7-20-12;1-10-13(14(2,3)4)15-16-17(10)11-7-6-8-12(9-11)18-5;1-9-11(10-6-13-8-16(10)5)14-15-17(9)7-12(2,3)4;1-7-8(5-13)10-11-12(7)6-9(2,3)4;1-5-6-7(2,3)4/h6-9H,10H2,1-4H3;2*6-9H,10H2,1-5H3;6-9H,10H2,1-5H3;5-7H,8-9H2,1-4H3,(H,15,19);6-9H,1-5H3;6,8H,7H2,1-5H3;13H,5-6H2,1-4H3;1-4H3. The van der Waals surface area contributed by atoms with E-state index in [0.29, 0.717) is 29.3 Å². The summed E-state index contributed by atoms with van der Waals surface area (Å²) in [6.07, 6.45) is 3.59. The van der Waals surface area contributed by atoms with E-state index in [2.05, 4.69) is 348 Å². The molecule has 0 spiro atoms. The Labute approximate surface area is 895 Å². The summed E-state index contributed by atoms with van der Waals surface area (Å²) >= 11 is 1.43. The highest BCUT2D eigenvalue weighted by Crippen LogP contribution is 2.34. The Hall–Kier alpha value is -14.0. The lowest BCUT2D eigenvalue weighted by molar-refractivity contribution is 0.0954. The van der Waals surface area contributed by atoms with Crippen molar-refractivity contribution in [2.45, 2.75) is 326 Å². The molecule has 0 saturated carbocycles. The molecule has 10 heterocycles. The van der Waals surface area contributed by atoms with Gasteiger partial charge in [0.1, 0.15) is 51.4 Å². The molecule has 0 aliphatic rings. The van der Waals surface area contributed by atoms with Crippen molar-refractivity contribution < 1.29 is 24.1 Å². The molecule has 1 amide bonds. The highest BCUT2D eigenvalue weighted by molar-refractivity contribution is 7.12. The molecule has 2 N–H and O–H groups in total. The van der Waals surface area contributed by atoms with Gasteiger partial charge >= 0.3 is 0 Å². The molecule has 150 heavy (non-hydrogen) atoms. The second kappa shape index (κ2) is 53.4. The van der Waals surface area contributed by atoms with Crippen LogP contribution in [0.1, 0.15) is 283 Å². The van der Waals surface area contributed by atoms with Crippen molar-refractivity contribution in [3.05, 3.63) is 247 Å². The van der Waals surface area contributed by atoms with Gasteiger partial charge in [-0.3, -0.25) is 4.79 Å². The minimum absolute atomic E-state index is 0.00119. The number of carbonyl (C=O) groups excluding carboxylic acids is 1. The van der Waals surface area contributed by atoms with Gasteiger partial charge < -0.3 is 29.2 Å². The van der Waals surface area contributed by atoms with E-state index >= 15 is 0 Å². The van der Waals surface area contributed by atoms with Crippen LogP contribution in [0.15, 0.2) is 151 Å². The van der Waals surface area contributed by atoms with Crippen LogP contribution in [0.2, 0.25) is 0 Å². The lowest BCUT2D eigenvalue weighted by Gasteiger charge is -2.18. The first kappa shape index (κ1) is 123. The fraction of sp³-hybridized carbons (Fsp3) is 0.509. The lowest BCUT2D eigenvalue weighted by Crippen LogP contribution is -2.22. The number of amides is 1. The van der Waals surface area contributed by atoms with Gasteiger partial charge in [0.2, 0.25) is 0 Å². The second-order valence-electron chi connectivity index (χ2n) is 47.9. The van der Waals surface area contributed by atoms with Crippen molar-refractivity contribution in [1.29, 1.82) is 0 Å². The molecule has 10 aromatic heterocycles. The number of ether oxygens (including phenoxy) is 3. The fourth-order valence-corrected chi connectivity index (χ4v) is 15.8. The van der Waals surface area contributed by atoms with Crippen LogP contribution in [-0.2, 0) is 76.8 Å². The van der Waals surface area contributed by atoms with Gasteiger partial charge in [0.15, 0.2) is 5.69 Å². The van der Waals surface area contributed by atoms with Crippen LogP contribution < -0.4 is 19.5 Å². The smallest absolute Gasteiger partial charge is 0.261 e. The molecule has 0 saturated heterocycles. The fourth-order valence-electron chi connectivity index (χ4n) is 15.2. The summed E-state index contributed by atoms with van der Waals surface area (Å²) in [6.45, 7) is 91.7. The summed E-state index contributed by atoms with van der Waals surface area (Å²) < 4.78 is 33.1. The number of thiophene rings is 1. The molecule has 808 valence electrons. The zero-order chi connectivity index (χ0) is 112. The summed E-state index contributed by atoms with van der Waals surface area (Å²) in [4.78, 5) is 20.1. The third-order valence-corrected chi connectivity index (χ3v) is 23.5. The van der Waals surface area contributed by atoms with E-state index in [1.165, 1.54) is 16.9 Å². The van der Waals surface area contributed by atoms with Crippen LogP contribution in [0.3, 0.4) is 0 Å². The number of hydrogen-bond acceptors (Lipinski definition) is 23. The molecule has 0 bridgehead atoms. The number of carbonyl (C=O) groups is 1. The number of benzene rings is 5. The van der Waals surface area contributed by atoms with Gasteiger partial charge in [-0.05, 0) is 182 Å². The van der Waals surface area contributed by atoms with E-state index in [4.69, 9.17) is 25.9 Å². The first-order valence-corrected chi connectivity index (χ1v) is 51.7. The number of imidazole rings is 1. The Bertz CT molecular complexity index is 6760. The summed E-state index contributed by atoms with van der Waals surface area (Å²) in [7, 11) is 6.96. The predicted molar refractivity (Wildman–Crippen MR) is 603 cm³/mol. The molecule has 34 heteroatoms. The van der Waals surface area contributed by atoms with Crippen molar-refractivity contribution >= 4 is 22.9 Å². The number of hydrogen-bond donors (Lipinski definition) is 2. The number of aliphatic hydroxyl groups is 1. The molecule has 15 rings (SSSR count). The Balaban J connectivity index is 0.000000230. The summed E-state index contributed by atoms with van der Waals surface area (Å²) in [5.74, 6) is 8.32. The Morgan fingerprint density at radius 2 is 0.787 bits per heavy atom. The van der Waals surface area contributed by atoms with Crippen molar-refractivity contribution in [1.82, 2.24) is 135 Å². The normalized spacial score (nSPS) is 11.6. The number of nitrogens with zero attached hydrogens (tertiary/aromatic N) is 27. The van der Waals surface area contributed by atoms with E-state index in [1.807, 2.05) is 211 Å². The average molecular weight is 2070 g/mol. The maximum absolute atomic E-state index is 11.9. The molecule has 0 radical (unpaired) electrons. The number of rotatable bonds is 20. The molecule has 5 aromatic carbocycles. The quantitative estimate of drug-likeness (QED) is 0.0528. The maximum atomic E-state index is 11.9. The number of aromatic nitrogens is 26. The number of nitrogens with one attached hydrogen (secondary N) is 1. The summed E-state index contributed by atoms with van der Waals surface area (Å²) in [5.41, 5.74) is 25.3. The number of aryl methyl sites for hydroxylation is 2. The Morgan fingerprint density at radius 3 is 1.14 bits per heavy atom. The zero-order valence-electron chi connectivity index (χ0n) is 97.4. The van der Waals surface area contributed by atoms with E-state index in [1.54, 1.807) is 27.7 Å². The average Bonchev–Trinajstić information content (AvgIpc) is 1.62. The Kier molecular flexibility index (Phi) is 43.8. The van der Waals surface area contributed by atoms with Gasteiger partial charge in [-0.25, -0.2) is 47.3 Å². The molecular formula is C116H168N28O5S. The van der Waals surface area contributed by atoms with Gasteiger partial charge in [-0.1, -0.05) is 298 Å². The predicted octanol–water partition coefficient (Wildman–Crippen LogP) is 24.4. The third kappa shape index (κ3) is 39.2. The van der Waals surface area contributed by atoms with E-state index in [9.17, 15) is 4.79 Å². The topological polar surface area (TPSA) is 345 Å². The van der Waals surface area contributed by atoms with Gasteiger partial charge in [0.05, 0.1) is 133 Å². The molecule has 0 aliphatic carbocycles. The Morgan fingerprint density at radius 1 is 0.413 bits per heavy atom. The monoisotopic (exact) mass is 2070 g/mol. The molecule has 33 nitrogen and oxygen atoms in total. The number of aliphatic hydroxyl groups excluding tert-OH is 1. The minimum atomic E-state index is -0.0650. The first-order valence-electron chi connectivity index (χ1n) is 50.8. The van der Waals surface area contributed by atoms with Gasteiger partial charge in [0.25, 0.3) is 5.91 Å². The molecule has 15 aromatic rings. The molecule has 0 atom stereocenters. The number of methoxy groups -OCH3 is 3. The molecule has 0 fully saturated rings. The SMILES string of the molecule is CC#CC(C)(C)C.COc1cccc(-c2nnn(CC(C)(C)C)c2C)c1.COc1cccc(-c2nnn(CC(C)(C)C)c2C)c1.COc1cccc(-n2nnc(C(C)(C)C)c2C)c1.Cc1c(-c2cncn2C)nnn1CC(C)(C)C.Cc1c(CNC(=O)c2cccs2)nnn1CC(C)(C)C.Cc1c(CO)nnn1CC(C)(C)C.Cc1cccc(-c2nnn(CC(C)(C)C)c2C)c1.[C-]#[N+]c1ccc(Cn2nnc(C(C)(C)C)c2C)cc1. The van der Waals surface area contributed by atoms with Crippen molar-refractivity contribution in [2.24, 2.45) is 45.0 Å². The van der Waals surface area contributed by atoms with Crippen molar-refractivity contribution in [2.75, 3.05) is 21.3 Å². The highest BCUT2D eigenvalue weighted by atomic mass is 32.1. The van der Waals surface area contributed by atoms with Crippen LogP contribution >= 0.6 is 11.3 Å². The minimum Gasteiger partial charge on any atom is -0.497 e. The maximum Gasteiger partial charge on any atom is 0.261 e. The molecule has 0 aliphatic heterocycles. The van der Waals surface area contributed by atoms with Crippen LogP contribution in [0, 0.1) is 119 Å². The van der Waals surface area contributed by atoms with Gasteiger partial charge in [-0.15, -0.1) is 58.0 Å². The van der Waals surface area contributed by atoms with Gasteiger partial charge in [0, 0.05) is 85.3 Å². The van der Waals surface area contributed by atoms with Crippen LogP contribution in [0.5, 0.6) is 17.2 Å². The van der Waals surface area contributed by atoms with E-state index in [0.717, 1.165) is 176 Å². The third-order valence-electron chi connectivity index (χ3n) is 22.7. The lowest BCUT2D eigenvalue weighted by atomic mass is 9.91. The van der Waals surface area contributed by atoms with E-state index < -0.39 is 0 Å². The zero-order valence-corrected chi connectivity index (χ0v) is 98.2. The van der Waals surface area contributed by atoms with E-state index in [-0.39, 0.29) is 61.2 Å². The summed E-state index contributed by atoms with van der Waals surface area (Å²) in [5, 5.41) is 81.1. The van der Waals surface area contributed by atoms with Crippen LogP contribution in [-0.4, -0.2) is 162 Å². The first-order chi connectivity index (χ1) is 69.8. The van der Waals surface area contributed by atoms with Crippen LogP contribution in [0.4, 0.5) is 5.69 Å². The van der Waals surface area contributed by atoms with Gasteiger partial charge in [-0.2, -0.15) is 0 Å². The molecule has 0 unspecified atom stereocenters.